The van der Waals surface area contributed by atoms with Gasteiger partial charge in [0.15, 0.2) is 0 Å². The van der Waals surface area contributed by atoms with Gasteiger partial charge in [0.25, 0.3) is 0 Å². The molecule has 2 heteroatoms. The number of hydrogen-bond donors (Lipinski definition) is 0. The zero-order valence-corrected chi connectivity index (χ0v) is 7.78. The molecule has 0 aromatic rings. The second-order valence-electron chi connectivity index (χ2n) is 3.12. The molecule has 0 spiro atoms. The van der Waals surface area contributed by atoms with Crippen molar-refractivity contribution in [2.24, 2.45) is 0 Å². The predicted octanol–water partition coefficient (Wildman–Crippen LogP) is 2.12. The van der Waals surface area contributed by atoms with Crippen LogP contribution in [0.15, 0.2) is 12.7 Å². The molecule has 0 bridgehead atoms. The van der Waals surface area contributed by atoms with Gasteiger partial charge in [-0.15, -0.1) is 18.2 Å². The van der Waals surface area contributed by atoms with Gasteiger partial charge in [0.1, 0.15) is 0 Å². The Morgan fingerprint density at radius 3 is 2.40 bits per heavy atom. The molecular weight excluding hydrogens is 146 g/mol. The van der Waals surface area contributed by atoms with Crippen molar-refractivity contribution in [3.05, 3.63) is 12.7 Å². The lowest BCUT2D eigenvalue weighted by molar-refractivity contribution is 0.199. The van der Waals surface area contributed by atoms with Crippen molar-refractivity contribution in [3.8, 4) is 0 Å². The predicted molar refractivity (Wildman–Crippen MR) is 47.6 cm³/mol. The first-order valence-corrected chi connectivity index (χ1v) is 3.96. The van der Waals surface area contributed by atoms with E-state index in [0.717, 1.165) is 6.54 Å². The number of hydrogen-bond acceptors (Lipinski definition) is 1. The second kappa shape index (κ2) is 3.99. The quantitative estimate of drug-likeness (QED) is 0.451. The fourth-order valence-electron chi connectivity index (χ4n) is 0.543. The van der Waals surface area contributed by atoms with Crippen LogP contribution in [0.25, 0.3) is 0 Å². The molecule has 0 radical (unpaired) electrons. The highest BCUT2D eigenvalue weighted by Crippen LogP contribution is 2.12. The molecule has 0 unspecified atom stereocenters. The largest absolute Gasteiger partial charge is 0.296 e. The number of likely N-dealkylation sites (N-methyl/N-ethyl adjacent to an activating group) is 1. The first-order chi connectivity index (χ1) is 4.54. The van der Waals surface area contributed by atoms with Crippen molar-refractivity contribution in [1.82, 2.24) is 4.90 Å². The summed E-state index contributed by atoms with van der Waals surface area (Å²) in [7, 11) is 2.05. The lowest BCUT2D eigenvalue weighted by atomic mass is 10.1. The standard InChI is InChI=1S/C8H16ClN/c1-5-6-10(4)8(2,3)7-9/h5H,1,6-7H2,2-4H3. The van der Waals surface area contributed by atoms with Crippen LogP contribution in [0.1, 0.15) is 13.8 Å². The zero-order valence-electron chi connectivity index (χ0n) is 7.02. The Balaban J connectivity index is 3.89. The van der Waals surface area contributed by atoms with Gasteiger partial charge in [-0.05, 0) is 20.9 Å². The summed E-state index contributed by atoms with van der Waals surface area (Å²) in [5.74, 6) is 0.650. The van der Waals surface area contributed by atoms with Gasteiger partial charge in [-0.3, -0.25) is 4.90 Å². The van der Waals surface area contributed by atoms with E-state index >= 15 is 0 Å². The molecule has 0 aromatic heterocycles. The van der Waals surface area contributed by atoms with Crippen molar-refractivity contribution in [3.63, 3.8) is 0 Å². The molecule has 0 amide bonds. The van der Waals surface area contributed by atoms with Crippen molar-refractivity contribution < 1.29 is 0 Å². The molecule has 0 fully saturated rings. The SMILES string of the molecule is C=CCN(C)C(C)(C)CCl. The van der Waals surface area contributed by atoms with Gasteiger partial charge in [0, 0.05) is 18.0 Å². The Kier molecular flexibility index (Phi) is 3.99. The monoisotopic (exact) mass is 161 g/mol. The van der Waals surface area contributed by atoms with Gasteiger partial charge in [0.05, 0.1) is 0 Å². The maximum absolute atomic E-state index is 5.75. The van der Waals surface area contributed by atoms with Crippen LogP contribution in [0.3, 0.4) is 0 Å². The van der Waals surface area contributed by atoms with Gasteiger partial charge in [-0.1, -0.05) is 6.08 Å². The van der Waals surface area contributed by atoms with Gasteiger partial charge < -0.3 is 0 Å². The molecule has 60 valence electrons. The summed E-state index contributed by atoms with van der Waals surface area (Å²) in [5, 5.41) is 0. The average molecular weight is 162 g/mol. The highest BCUT2D eigenvalue weighted by atomic mass is 35.5. The van der Waals surface area contributed by atoms with Crippen LogP contribution in [0.5, 0.6) is 0 Å². The Bertz CT molecular complexity index is 110. The minimum Gasteiger partial charge on any atom is -0.296 e. The third kappa shape index (κ3) is 2.72. The molecule has 0 saturated heterocycles. The van der Waals surface area contributed by atoms with Crippen LogP contribution in [-0.2, 0) is 0 Å². The Hall–Kier alpha value is -0.0100. The Labute approximate surface area is 68.7 Å². The topological polar surface area (TPSA) is 3.24 Å². The van der Waals surface area contributed by atoms with Crippen molar-refractivity contribution >= 4 is 11.6 Å². The smallest absolute Gasteiger partial charge is 0.0402 e. The maximum atomic E-state index is 5.75. The van der Waals surface area contributed by atoms with Crippen LogP contribution < -0.4 is 0 Å². The normalized spacial score (nSPS) is 12.1. The van der Waals surface area contributed by atoms with E-state index in [2.05, 4.69) is 25.3 Å². The Morgan fingerprint density at radius 2 is 2.10 bits per heavy atom. The van der Waals surface area contributed by atoms with E-state index in [1.807, 2.05) is 13.1 Å². The minimum atomic E-state index is 0.0791. The third-order valence-electron chi connectivity index (χ3n) is 1.76. The molecular formula is C8H16ClN. The lowest BCUT2D eigenvalue weighted by Crippen LogP contribution is -2.42. The molecule has 0 aliphatic rings. The molecule has 0 N–H and O–H groups in total. The summed E-state index contributed by atoms with van der Waals surface area (Å²) in [6.45, 7) is 8.78. The van der Waals surface area contributed by atoms with Crippen LogP contribution in [0.4, 0.5) is 0 Å². The summed E-state index contributed by atoms with van der Waals surface area (Å²) >= 11 is 5.75. The first-order valence-electron chi connectivity index (χ1n) is 3.42. The fourth-order valence-corrected chi connectivity index (χ4v) is 0.747. The van der Waals surface area contributed by atoms with Crippen molar-refractivity contribution in [2.45, 2.75) is 19.4 Å². The molecule has 0 aliphatic heterocycles. The second-order valence-corrected chi connectivity index (χ2v) is 3.38. The van der Waals surface area contributed by atoms with Crippen molar-refractivity contribution in [2.75, 3.05) is 19.5 Å². The number of halogens is 1. The highest BCUT2D eigenvalue weighted by Gasteiger charge is 2.20. The summed E-state index contributed by atoms with van der Waals surface area (Å²) in [4.78, 5) is 2.17. The van der Waals surface area contributed by atoms with Crippen LogP contribution in [0.2, 0.25) is 0 Å². The first kappa shape index (κ1) is 9.99. The molecule has 0 rings (SSSR count). The summed E-state index contributed by atoms with van der Waals surface area (Å²) in [5.41, 5.74) is 0.0791. The molecule has 0 atom stereocenters. The van der Waals surface area contributed by atoms with Crippen LogP contribution >= 0.6 is 11.6 Å². The number of rotatable bonds is 4. The van der Waals surface area contributed by atoms with Gasteiger partial charge in [-0.2, -0.15) is 0 Å². The minimum absolute atomic E-state index is 0.0791. The maximum Gasteiger partial charge on any atom is 0.0402 e. The Morgan fingerprint density at radius 1 is 1.60 bits per heavy atom. The van der Waals surface area contributed by atoms with Gasteiger partial charge in [-0.25, -0.2) is 0 Å². The van der Waals surface area contributed by atoms with E-state index < -0.39 is 0 Å². The average Bonchev–Trinajstić information content (AvgIpc) is 1.89. The molecule has 0 saturated carbocycles. The summed E-state index contributed by atoms with van der Waals surface area (Å²) in [6.07, 6.45) is 1.88. The van der Waals surface area contributed by atoms with E-state index in [4.69, 9.17) is 11.6 Å². The fraction of sp³-hybridized carbons (Fsp3) is 0.750. The highest BCUT2D eigenvalue weighted by molar-refractivity contribution is 6.18. The molecule has 0 aromatic carbocycles. The van der Waals surface area contributed by atoms with E-state index in [1.165, 1.54) is 0 Å². The zero-order chi connectivity index (χ0) is 8.20. The summed E-state index contributed by atoms with van der Waals surface area (Å²) < 4.78 is 0. The van der Waals surface area contributed by atoms with E-state index in [0.29, 0.717) is 5.88 Å². The van der Waals surface area contributed by atoms with Crippen molar-refractivity contribution in [1.29, 1.82) is 0 Å². The third-order valence-corrected chi connectivity index (χ3v) is 2.42. The molecule has 10 heavy (non-hydrogen) atoms. The van der Waals surface area contributed by atoms with Gasteiger partial charge in [0.2, 0.25) is 0 Å². The molecule has 0 aliphatic carbocycles. The van der Waals surface area contributed by atoms with Gasteiger partial charge >= 0.3 is 0 Å². The van der Waals surface area contributed by atoms with Crippen LogP contribution in [-0.4, -0.2) is 29.9 Å². The number of nitrogens with zero attached hydrogens (tertiary/aromatic N) is 1. The number of alkyl halides is 1. The van der Waals surface area contributed by atoms with E-state index in [9.17, 15) is 0 Å². The van der Waals surface area contributed by atoms with E-state index in [-0.39, 0.29) is 5.54 Å². The lowest BCUT2D eigenvalue weighted by Gasteiger charge is -2.32. The van der Waals surface area contributed by atoms with E-state index in [1.54, 1.807) is 0 Å². The van der Waals surface area contributed by atoms with Crippen LogP contribution in [0, 0.1) is 0 Å². The molecule has 0 heterocycles. The molecule has 1 nitrogen and oxygen atoms in total. The summed E-state index contributed by atoms with van der Waals surface area (Å²) in [6, 6.07) is 0.